The molecule has 0 aromatic carbocycles. The lowest BCUT2D eigenvalue weighted by Gasteiger charge is -2.45. The number of piperazine rings is 1. The standard InChI is InChI=1S/C15H32N2O/c1-6-13-10-17(14(7-2)9-16-13)15(12(4)5)11-18-8-3/h12-16H,6-11H2,1-5H3. The highest BCUT2D eigenvalue weighted by molar-refractivity contribution is 4.90. The first-order valence-electron chi connectivity index (χ1n) is 7.70. The molecule has 3 nitrogen and oxygen atoms in total. The smallest absolute Gasteiger partial charge is 0.0624 e. The summed E-state index contributed by atoms with van der Waals surface area (Å²) >= 11 is 0. The number of nitrogens with one attached hydrogen (secondary N) is 1. The molecule has 1 aliphatic heterocycles. The average molecular weight is 256 g/mol. The van der Waals surface area contributed by atoms with Gasteiger partial charge in [-0.3, -0.25) is 4.90 Å². The predicted molar refractivity (Wildman–Crippen MR) is 78.0 cm³/mol. The van der Waals surface area contributed by atoms with E-state index in [1.165, 1.54) is 19.4 Å². The summed E-state index contributed by atoms with van der Waals surface area (Å²) < 4.78 is 5.71. The van der Waals surface area contributed by atoms with Crippen LogP contribution < -0.4 is 5.32 Å². The van der Waals surface area contributed by atoms with Gasteiger partial charge in [-0.15, -0.1) is 0 Å². The molecule has 0 spiro atoms. The maximum atomic E-state index is 5.71. The van der Waals surface area contributed by atoms with Crippen molar-refractivity contribution in [2.75, 3.05) is 26.3 Å². The maximum absolute atomic E-state index is 5.71. The molecule has 1 heterocycles. The summed E-state index contributed by atoms with van der Waals surface area (Å²) in [5, 5.41) is 3.67. The molecule has 1 fully saturated rings. The van der Waals surface area contributed by atoms with Crippen LogP contribution in [0.2, 0.25) is 0 Å². The minimum atomic E-state index is 0.561. The van der Waals surface area contributed by atoms with Gasteiger partial charge in [0.05, 0.1) is 6.61 Å². The Morgan fingerprint density at radius 1 is 1.22 bits per heavy atom. The molecule has 0 aromatic rings. The molecule has 0 saturated carbocycles. The van der Waals surface area contributed by atoms with E-state index in [2.05, 4.69) is 44.8 Å². The number of rotatable bonds is 7. The van der Waals surface area contributed by atoms with Crippen LogP contribution in [-0.4, -0.2) is 49.3 Å². The number of ether oxygens (including phenoxy) is 1. The molecule has 3 unspecified atom stereocenters. The van der Waals surface area contributed by atoms with Gasteiger partial charge in [0.2, 0.25) is 0 Å². The first kappa shape index (κ1) is 15.9. The van der Waals surface area contributed by atoms with Crippen molar-refractivity contribution >= 4 is 0 Å². The van der Waals surface area contributed by atoms with Gasteiger partial charge in [-0.25, -0.2) is 0 Å². The van der Waals surface area contributed by atoms with Gasteiger partial charge in [-0.1, -0.05) is 27.7 Å². The van der Waals surface area contributed by atoms with E-state index in [0.717, 1.165) is 19.8 Å². The molecule has 108 valence electrons. The van der Waals surface area contributed by atoms with Gasteiger partial charge in [0.25, 0.3) is 0 Å². The molecule has 18 heavy (non-hydrogen) atoms. The summed E-state index contributed by atoms with van der Waals surface area (Å²) in [5.74, 6) is 0.654. The summed E-state index contributed by atoms with van der Waals surface area (Å²) in [7, 11) is 0. The molecule has 0 aliphatic carbocycles. The Morgan fingerprint density at radius 3 is 2.44 bits per heavy atom. The van der Waals surface area contributed by atoms with E-state index in [1.54, 1.807) is 0 Å². The molecule has 1 saturated heterocycles. The van der Waals surface area contributed by atoms with Gasteiger partial charge in [-0.2, -0.15) is 0 Å². The van der Waals surface area contributed by atoms with E-state index in [9.17, 15) is 0 Å². The Bertz CT molecular complexity index is 221. The van der Waals surface area contributed by atoms with Crippen LogP contribution in [0.3, 0.4) is 0 Å². The molecule has 1 N–H and O–H groups in total. The van der Waals surface area contributed by atoms with E-state index >= 15 is 0 Å². The molecular weight excluding hydrogens is 224 g/mol. The van der Waals surface area contributed by atoms with Crippen molar-refractivity contribution in [3.63, 3.8) is 0 Å². The highest BCUT2D eigenvalue weighted by atomic mass is 16.5. The molecular formula is C15H32N2O. The summed E-state index contributed by atoms with van der Waals surface area (Å²) in [6.45, 7) is 15.3. The highest BCUT2D eigenvalue weighted by Crippen LogP contribution is 2.20. The number of hydrogen-bond donors (Lipinski definition) is 1. The Balaban J connectivity index is 2.69. The van der Waals surface area contributed by atoms with Crippen LogP contribution in [0.5, 0.6) is 0 Å². The zero-order valence-electron chi connectivity index (χ0n) is 12.9. The fraction of sp³-hybridized carbons (Fsp3) is 1.00. The third-order valence-electron chi connectivity index (χ3n) is 4.19. The van der Waals surface area contributed by atoms with Crippen LogP contribution in [-0.2, 0) is 4.74 Å². The van der Waals surface area contributed by atoms with Crippen molar-refractivity contribution in [3.8, 4) is 0 Å². The Hall–Kier alpha value is -0.120. The van der Waals surface area contributed by atoms with Gasteiger partial charge in [-0.05, 0) is 25.7 Å². The van der Waals surface area contributed by atoms with E-state index in [0.29, 0.717) is 24.0 Å². The van der Waals surface area contributed by atoms with Gasteiger partial charge in [0.1, 0.15) is 0 Å². The maximum Gasteiger partial charge on any atom is 0.0624 e. The molecule has 1 aliphatic rings. The van der Waals surface area contributed by atoms with Crippen LogP contribution >= 0.6 is 0 Å². The monoisotopic (exact) mass is 256 g/mol. The zero-order valence-corrected chi connectivity index (χ0v) is 12.9. The van der Waals surface area contributed by atoms with Gasteiger partial charge < -0.3 is 10.1 Å². The Morgan fingerprint density at radius 2 is 1.94 bits per heavy atom. The second kappa shape index (κ2) is 8.13. The van der Waals surface area contributed by atoms with Crippen molar-refractivity contribution in [1.82, 2.24) is 10.2 Å². The van der Waals surface area contributed by atoms with E-state index in [-0.39, 0.29) is 0 Å². The van der Waals surface area contributed by atoms with Gasteiger partial charge >= 0.3 is 0 Å². The first-order valence-corrected chi connectivity index (χ1v) is 7.70. The predicted octanol–water partition coefficient (Wildman–Crippen LogP) is 2.51. The van der Waals surface area contributed by atoms with Gasteiger partial charge in [0, 0.05) is 37.8 Å². The largest absolute Gasteiger partial charge is 0.380 e. The Labute approximate surface area is 113 Å². The van der Waals surface area contributed by atoms with Crippen molar-refractivity contribution < 1.29 is 4.74 Å². The lowest BCUT2D eigenvalue weighted by Crippen LogP contribution is -2.61. The molecule has 0 bridgehead atoms. The minimum Gasteiger partial charge on any atom is -0.380 e. The molecule has 3 atom stereocenters. The molecule has 0 aromatic heterocycles. The lowest BCUT2D eigenvalue weighted by atomic mass is 9.96. The zero-order chi connectivity index (χ0) is 13.5. The van der Waals surface area contributed by atoms with Crippen LogP contribution in [0, 0.1) is 5.92 Å². The van der Waals surface area contributed by atoms with Crippen LogP contribution in [0.25, 0.3) is 0 Å². The normalized spacial score (nSPS) is 27.7. The van der Waals surface area contributed by atoms with E-state index < -0.39 is 0 Å². The quantitative estimate of drug-likeness (QED) is 0.757. The topological polar surface area (TPSA) is 24.5 Å². The number of hydrogen-bond acceptors (Lipinski definition) is 3. The minimum absolute atomic E-state index is 0.561. The van der Waals surface area contributed by atoms with E-state index in [4.69, 9.17) is 4.74 Å². The molecule has 3 heteroatoms. The molecule has 0 radical (unpaired) electrons. The SMILES string of the molecule is CCOCC(C(C)C)N1CC(CC)NCC1CC. The number of nitrogens with zero attached hydrogens (tertiary/aromatic N) is 1. The second-order valence-corrected chi connectivity index (χ2v) is 5.74. The Kier molecular flexibility index (Phi) is 7.20. The van der Waals surface area contributed by atoms with Crippen molar-refractivity contribution in [1.29, 1.82) is 0 Å². The third kappa shape index (κ3) is 4.22. The van der Waals surface area contributed by atoms with Crippen LogP contribution in [0.1, 0.15) is 47.5 Å². The van der Waals surface area contributed by atoms with Crippen molar-refractivity contribution in [3.05, 3.63) is 0 Å². The summed E-state index contributed by atoms with van der Waals surface area (Å²) in [4.78, 5) is 2.70. The summed E-state index contributed by atoms with van der Waals surface area (Å²) in [6, 6.07) is 1.88. The second-order valence-electron chi connectivity index (χ2n) is 5.74. The lowest BCUT2D eigenvalue weighted by molar-refractivity contribution is -0.000337. The fourth-order valence-corrected chi connectivity index (χ4v) is 2.86. The molecule has 0 amide bonds. The average Bonchev–Trinajstić information content (AvgIpc) is 2.38. The summed E-state index contributed by atoms with van der Waals surface area (Å²) in [6.07, 6.45) is 2.44. The van der Waals surface area contributed by atoms with Crippen molar-refractivity contribution in [2.24, 2.45) is 5.92 Å². The highest BCUT2D eigenvalue weighted by Gasteiger charge is 2.32. The van der Waals surface area contributed by atoms with Crippen LogP contribution in [0.4, 0.5) is 0 Å². The summed E-state index contributed by atoms with van der Waals surface area (Å²) in [5.41, 5.74) is 0. The van der Waals surface area contributed by atoms with Crippen LogP contribution in [0.15, 0.2) is 0 Å². The molecule has 1 rings (SSSR count). The van der Waals surface area contributed by atoms with Gasteiger partial charge in [0.15, 0.2) is 0 Å². The first-order chi connectivity index (χ1) is 8.63. The van der Waals surface area contributed by atoms with Crippen molar-refractivity contribution in [2.45, 2.75) is 65.6 Å². The fourth-order valence-electron chi connectivity index (χ4n) is 2.86. The third-order valence-corrected chi connectivity index (χ3v) is 4.19. The van der Waals surface area contributed by atoms with E-state index in [1.807, 2.05) is 0 Å².